The summed E-state index contributed by atoms with van der Waals surface area (Å²) >= 11 is 1.48. The second kappa shape index (κ2) is 4.09. The SMILES string of the molecule is O=C(O)c1cc([C@@H]2CCOC2)c2ncsc2c1. The molecule has 1 fully saturated rings. The molecule has 0 amide bonds. The molecule has 3 rings (SSSR count). The smallest absolute Gasteiger partial charge is 0.335 e. The zero-order valence-corrected chi connectivity index (χ0v) is 9.87. The Labute approximate surface area is 102 Å². The first kappa shape index (κ1) is 10.7. The van der Waals surface area contributed by atoms with Gasteiger partial charge >= 0.3 is 5.97 Å². The highest BCUT2D eigenvalue weighted by Gasteiger charge is 2.22. The lowest BCUT2D eigenvalue weighted by Crippen LogP contribution is -2.03. The van der Waals surface area contributed by atoms with Crippen molar-refractivity contribution in [1.82, 2.24) is 4.98 Å². The van der Waals surface area contributed by atoms with Gasteiger partial charge in [0.15, 0.2) is 0 Å². The van der Waals surface area contributed by atoms with E-state index in [1.165, 1.54) is 11.3 Å². The average molecular weight is 249 g/mol. The molecule has 0 aliphatic carbocycles. The van der Waals surface area contributed by atoms with E-state index >= 15 is 0 Å². The third-order valence-corrected chi connectivity index (χ3v) is 3.86. The number of thiazole rings is 1. The van der Waals surface area contributed by atoms with E-state index in [0.717, 1.165) is 28.8 Å². The number of carboxylic acids is 1. The van der Waals surface area contributed by atoms with Gasteiger partial charge in [-0.05, 0) is 24.1 Å². The van der Waals surface area contributed by atoms with E-state index in [9.17, 15) is 4.79 Å². The molecule has 2 heterocycles. The lowest BCUT2D eigenvalue weighted by molar-refractivity contribution is 0.0697. The van der Waals surface area contributed by atoms with Crippen LogP contribution in [0.25, 0.3) is 10.2 Å². The summed E-state index contributed by atoms with van der Waals surface area (Å²) in [7, 11) is 0. The summed E-state index contributed by atoms with van der Waals surface area (Å²) in [6, 6.07) is 3.43. The van der Waals surface area contributed by atoms with Crippen molar-refractivity contribution in [3.05, 3.63) is 28.8 Å². The summed E-state index contributed by atoms with van der Waals surface area (Å²) < 4.78 is 6.30. The molecule has 1 aliphatic heterocycles. The summed E-state index contributed by atoms with van der Waals surface area (Å²) in [5, 5.41) is 9.10. The number of carbonyl (C=O) groups is 1. The Kier molecular flexibility index (Phi) is 2.57. The van der Waals surface area contributed by atoms with Crippen LogP contribution in [0.5, 0.6) is 0 Å². The number of aromatic nitrogens is 1. The molecule has 88 valence electrons. The maximum atomic E-state index is 11.1. The second-order valence-electron chi connectivity index (χ2n) is 4.13. The van der Waals surface area contributed by atoms with Gasteiger partial charge < -0.3 is 9.84 Å². The second-order valence-corrected chi connectivity index (χ2v) is 5.02. The fourth-order valence-corrected chi connectivity index (χ4v) is 2.96. The predicted octanol–water partition coefficient (Wildman–Crippen LogP) is 2.50. The first-order valence-electron chi connectivity index (χ1n) is 5.44. The van der Waals surface area contributed by atoms with Crippen molar-refractivity contribution in [1.29, 1.82) is 0 Å². The Morgan fingerprint density at radius 1 is 1.53 bits per heavy atom. The van der Waals surface area contributed by atoms with Crippen molar-refractivity contribution >= 4 is 27.5 Å². The van der Waals surface area contributed by atoms with Crippen molar-refractivity contribution in [2.45, 2.75) is 12.3 Å². The van der Waals surface area contributed by atoms with Crippen molar-refractivity contribution in [3.63, 3.8) is 0 Å². The minimum atomic E-state index is -0.888. The Bertz CT molecular complexity index is 572. The van der Waals surface area contributed by atoms with Crippen molar-refractivity contribution in [3.8, 4) is 0 Å². The summed E-state index contributed by atoms with van der Waals surface area (Å²) in [5.74, 6) is -0.612. The molecular formula is C12H11NO3S. The Morgan fingerprint density at radius 3 is 3.12 bits per heavy atom. The van der Waals surface area contributed by atoms with Crippen LogP contribution in [0.15, 0.2) is 17.6 Å². The number of ether oxygens (including phenoxy) is 1. The summed E-state index contributed by atoms with van der Waals surface area (Å²) in [6.07, 6.45) is 0.940. The van der Waals surface area contributed by atoms with Crippen molar-refractivity contribution < 1.29 is 14.6 Å². The maximum absolute atomic E-state index is 11.1. The molecule has 0 saturated carbocycles. The minimum absolute atomic E-state index is 0.277. The van der Waals surface area contributed by atoms with E-state index in [-0.39, 0.29) is 5.92 Å². The Balaban J connectivity index is 2.19. The summed E-state index contributed by atoms with van der Waals surface area (Å²) in [4.78, 5) is 15.4. The molecule has 1 saturated heterocycles. The first-order chi connectivity index (χ1) is 8.25. The van der Waals surface area contributed by atoms with Crippen molar-refractivity contribution in [2.24, 2.45) is 0 Å². The number of hydrogen-bond acceptors (Lipinski definition) is 4. The van der Waals surface area contributed by atoms with Gasteiger partial charge in [-0.1, -0.05) is 0 Å². The van der Waals surface area contributed by atoms with E-state index in [1.54, 1.807) is 17.6 Å². The third kappa shape index (κ3) is 1.81. The molecule has 1 atom stereocenters. The van der Waals surface area contributed by atoms with Gasteiger partial charge in [0, 0.05) is 12.5 Å². The highest BCUT2D eigenvalue weighted by Crippen LogP contribution is 2.33. The van der Waals surface area contributed by atoms with Gasteiger partial charge in [0.25, 0.3) is 0 Å². The quantitative estimate of drug-likeness (QED) is 0.888. The molecule has 1 aromatic heterocycles. The number of hydrogen-bond donors (Lipinski definition) is 1. The van der Waals surface area contributed by atoms with E-state index in [1.807, 2.05) is 0 Å². The van der Waals surface area contributed by atoms with Crippen molar-refractivity contribution in [2.75, 3.05) is 13.2 Å². The number of fused-ring (bicyclic) bond motifs is 1. The Morgan fingerprint density at radius 2 is 2.41 bits per heavy atom. The van der Waals surface area contributed by atoms with E-state index in [0.29, 0.717) is 12.2 Å². The van der Waals surface area contributed by atoms with Gasteiger partial charge in [-0.2, -0.15) is 0 Å². The van der Waals surface area contributed by atoms with E-state index < -0.39 is 5.97 Å². The standard InChI is InChI=1S/C12H11NO3S/c14-12(15)8-3-9(7-1-2-16-5-7)11-10(4-8)17-6-13-11/h3-4,6-7H,1-2,5H2,(H,14,15)/t7-/m1/s1. The molecule has 1 aromatic carbocycles. The van der Waals surface area contributed by atoms with Crippen LogP contribution < -0.4 is 0 Å². The van der Waals surface area contributed by atoms with Gasteiger partial charge in [0.1, 0.15) is 0 Å². The highest BCUT2D eigenvalue weighted by molar-refractivity contribution is 7.16. The highest BCUT2D eigenvalue weighted by atomic mass is 32.1. The molecular weight excluding hydrogens is 238 g/mol. The minimum Gasteiger partial charge on any atom is -0.478 e. The van der Waals surface area contributed by atoms with E-state index in [4.69, 9.17) is 9.84 Å². The van der Waals surface area contributed by atoms with Crippen LogP contribution in [0.4, 0.5) is 0 Å². The van der Waals surface area contributed by atoms with Crippen LogP contribution in [-0.2, 0) is 4.74 Å². The molecule has 4 nitrogen and oxygen atoms in total. The molecule has 0 bridgehead atoms. The zero-order chi connectivity index (χ0) is 11.8. The molecule has 1 aliphatic rings. The lowest BCUT2D eigenvalue weighted by atomic mass is 9.95. The number of rotatable bonds is 2. The molecule has 17 heavy (non-hydrogen) atoms. The molecule has 0 radical (unpaired) electrons. The van der Waals surface area contributed by atoms with Gasteiger partial charge in [-0.25, -0.2) is 9.78 Å². The maximum Gasteiger partial charge on any atom is 0.335 e. The molecule has 1 N–H and O–H groups in total. The molecule has 0 unspecified atom stereocenters. The monoisotopic (exact) mass is 249 g/mol. The summed E-state index contributed by atoms with van der Waals surface area (Å²) in [5.41, 5.74) is 4.04. The van der Waals surface area contributed by atoms with Crippen LogP contribution in [0.1, 0.15) is 28.3 Å². The average Bonchev–Trinajstić information content (AvgIpc) is 2.98. The number of nitrogens with zero attached hydrogens (tertiary/aromatic N) is 1. The predicted molar refractivity (Wildman–Crippen MR) is 64.8 cm³/mol. The number of aromatic carboxylic acids is 1. The fourth-order valence-electron chi connectivity index (χ4n) is 2.21. The molecule has 2 aromatic rings. The normalized spacial score (nSPS) is 19.9. The van der Waals surface area contributed by atoms with Crippen LogP contribution in [0, 0.1) is 0 Å². The van der Waals surface area contributed by atoms with Crippen LogP contribution in [0.3, 0.4) is 0 Å². The molecule has 5 heteroatoms. The largest absolute Gasteiger partial charge is 0.478 e. The third-order valence-electron chi connectivity index (χ3n) is 3.08. The lowest BCUT2D eigenvalue weighted by Gasteiger charge is -2.09. The summed E-state index contributed by atoms with van der Waals surface area (Å²) in [6.45, 7) is 1.41. The van der Waals surface area contributed by atoms with Crippen LogP contribution in [-0.4, -0.2) is 29.3 Å². The first-order valence-corrected chi connectivity index (χ1v) is 6.32. The number of benzene rings is 1. The van der Waals surface area contributed by atoms with Crippen LogP contribution in [0.2, 0.25) is 0 Å². The molecule has 0 spiro atoms. The van der Waals surface area contributed by atoms with Gasteiger partial charge in [0.2, 0.25) is 0 Å². The Hall–Kier alpha value is -1.46. The van der Waals surface area contributed by atoms with Crippen LogP contribution >= 0.6 is 11.3 Å². The van der Waals surface area contributed by atoms with Gasteiger partial charge in [0.05, 0.1) is 27.9 Å². The van der Waals surface area contributed by atoms with Gasteiger partial charge in [-0.15, -0.1) is 11.3 Å². The number of carboxylic acid groups (broad SMARTS) is 1. The van der Waals surface area contributed by atoms with Gasteiger partial charge in [-0.3, -0.25) is 0 Å². The topological polar surface area (TPSA) is 59.4 Å². The fraction of sp³-hybridized carbons (Fsp3) is 0.333. The zero-order valence-electron chi connectivity index (χ0n) is 9.05. The van der Waals surface area contributed by atoms with E-state index in [2.05, 4.69) is 4.98 Å².